The summed E-state index contributed by atoms with van der Waals surface area (Å²) in [7, 11) is 1.55. The Hall–Kier alpha value is -3.01. The average molecular weight is 553 g/mol. The average Bonchev–Trinajstić information content (AvgIpc) is 3.63. The number of methoxy groups -OCH3 is 1. The van der Waals surface area contributed by atoms with E-state index >= 15 is 0 Å². The first-order valence-electron chi connectivity index (χ1n) is 11.1. The highest BCUT2D eigenvalue weighted by atomic mass is 35.5. The molecule has 36 heavy (non-hydrogen) atoms. The molecule has 0 aliphatic heterocycles. The summed E-state index contributed by atoms with van der Waals surface area (Å²) >= 11 is 18.2. The predicted molar refractivity (Wildman–Crippen MR) is 140 cm³/mol. The molecule has 4 rings (SSSR count). The molecule has 0 bridgehead atoms. The minimum absolute atomic E-state index is 0.0350. The van der Waals surface area contributed by atoms with Gasteiger partial charge in [-0.05, 0) is 56.9 Å². The minimum atomic E-state index is -0.694. The molecule has 1 atom stereocenters. The van der Waals surface area contributed by atoms with E-state index in [0.29, 0.717) is 33.0 Å². The lowest BCUT2D eigenvalue weighted by molar-refractivity contribution is 0.135. The number of hydrogen-bond donors (Lipinski definition) is 2. The summed E-state index contributed by atoms with van der Waals surface area (Å²) < 4.78 is 12.2. The fraction of sp³-hybridized carbons (Fsp3) is 0.333. The Balaban J connectivity index is 1.54. The van der Waals surface area contributed by atoms with Crippen LogP contribution in [0.25, 0.3) is 0 Å². The number of ether oxygens (including phenoxy) is 2. The standard InChI is InChI=1S/C24H24Cl3N5O4/c1-12-6-18(13(2)28-22(12)35-3)30-21-23(33)32(10-20(27)31-21)19(14-4-5-14)11-36-24(34)29-17-8-15(25)7-16(26)9-17/h6-10,14,19H,4-5,11H2,1-3H3,(H,29,34)(H,30,31)/t19-/m1/s1. The van der Waals surface area contributed by atoms with Gasteiger partial charge in [0.15, 0.2) is 5.82 Å². The van der Waals surface area contributed by atoms with Crippen LogP contribution in [0.5, 0.6) is 5.88 Å². The maximum absolute atomic E-state index is 13.4. The number of aromatic nitrogens is 3. The topological polar surface area (TPSA) is 107 Å². The zero-order valence-electron chi connectivity index (χ0n) is 19.8. The zero-order chi connectivity index (χ0) is 26.0. The lowest BCUT2D eigenvalue weighted by atomic mass is 10.2. The molecule has 1 aliphatic carbocycles. The molecule has 1 amide bonds. The van der Waals surface area contributed by atoms with E-state index in [1.165, 1.54) is 10.8 Å². The van der Waals surface area contributed by atoms with Gasteiger partial charge >= 0.3 is 6.09 Å². The van der Waals surface area contributed by atoms with Crippen LogP contribution < -0.4 is 20.9 Å². The summed E-state index contributed by atoms with van der Waals surface area (Å²) in [6, 6.07) is 6.07. The van der Waals surface area contributed by atoms with E-state index in [-0.39, 0.29) is 23.5 Å². The number of pyridine rings is 1. The molecule has 190 valence electrons. The Kier molecular flexibility index (Phi) is 7.92. The molecule has 12 heteroatoms. The first-order chi connectivity index (χ1) is 17.1. The van der Waals surface area contributed by atoms with Gasteiger partial charge in [-0.15, -0.1) is 0 Å². The molecule has 1 fully saturated rings. The molecular formula is C24H24Cl3N5O4. The first kappa shape index (κ1) is 26.1. The van der Waals surface area contributed by atoms with Crippen LogP contribution in [0.2, 0.25) is 15.2 Å². The SMILES string of the molecule is COc1nc(C)c(Nc2nc(Cl)cn([C@H](COC(=O)Nc3cc(Cl)cc(Cl)c3)C3CC3)c2=O)cc1C. The van der Waals surface area contributed by atoms with Gasteiger partial charge < -0.3 is 19.4 Å². The second-order valence-electron chi connectivity index (χ2n) is 8.48. The highest BCUT2D eigenvalue weighted by Gasteiger charge is 2.35. The summed E-state index contributed by atoms with van der Waals surface area (Å²) in [5, 5.41) is 6.52. The maximum atomic E-state index is 13.4. The Morgan fingerprint density at radius 2 is 1.83 bits per heavy atom. The lowest BCUT2D eigenvalue weighted by Gasteiger charge is -2.21. The van der Waals surface area contributed by atoms with Crippen molar-refractivity contribution in [2.45, 2.75) is 32.7 Å². The highest BCUT2D eigenvalue weighted by Crippen LogP contribution is 2.40. The number of rotatable bonds is 8. The van der Waals surface area contributed by atoms with Gasteiger partial charge in [0.05, 0.1) is 24.5 Å². The summed E-state index contributed by atoms with van der Waals surface area (Å²) in [5.74, 6) is 0.702. The van der Waals surface area contributed by atoms with Crippen molar-refractivity contribution in [3.8, 4) is 5.88 Å². The summed E-state index contributed by atoms with van der Waals surface area (Å²) in [5.41, 5.74) is 2.03. The monoisotopic (exact) mass is 551 g/mol. The zero-order valence-corrected chi connectivity index (χ0v) is 22.0. The number of amides is 1. The van der Waals surface area contributed by atoms with E-state index in [9.17, 15) is 9.59 Å². The largest absolute Gasteiger partial charge is 0.481 e. The van der Waals surface area contributed by atoms with E-state index < -0.39 is 17.7 Å². The van der Waals surface area contributed by atoms with Gasteiger partial charge in [0, 0.05) is 27.5 Å². The van der Waals surface area contributed by atoms with Gasteiger partial charge in [-0.25, -0.2) is 14.8 Å². The van der Waals surface area contributed by atoms with Crippen molar-refractivity contribution < 1.29 is 14.3 Å². The minimum Gasteiger partial charge on any atom is -0.481 e. The van der Waals surface area contributed by atoms with Crippen LogP contribution in [-0.2, 0) is 4.74 Å². The van der Waals surface area contributed by atoms with Crippen LogP contribution in [0.4, 0.5) is 22.0 Å². The number of benzene rings is 1. The molecular weight excluding hydrogens is 529 g/mol. The van der Waals surface area contributed by atoms with Crippen molar-refractivity contribution >= 4 is 58.1 Å². The molecule has 1 aliphatic rings. The van der Waals surface area contributed by atoms with Crippen LogP contribution in [0.3, 0.4) is 0 Å². The Bertz CT molecular complexity index is 1340. The molecule has 3 aromatic rings. The van der Waals surface area contributed by atoms with Crippen molar-refractivity contribution in [3.63, 3.8) is 0 Å². The van der Waals surface area contributed by atoms with E-state index in [1.807, 2.05) is 13.0 Å². The van der Waals surface area contributed by atoms with Gasteiger partial charge in [0.1, 0.15) is 11.8 Å². The summed E-state index contributed by atoms with van der Waals surface area (Å²) in [6.45, 7) is 3.61. The third-order valence-corrected chi connectivity index (χ3v) is 6.34. The molecule has 1 aromatic carbocycles. The van der Waals surface area contributed by atoms with Crippen LogP contribution >= 0.6 is 34.8 Å². The fourth-order valence-electron chi connectivity index (χ4n) is 3.82. The van der Waals surface area contributed by atoms with Gasteiger partial charge in [-0.1, -0.05) is 34.8 Å². The lowest BCUT2D eigenvalue weighted by Crippen LogP contribution is -2.32. The number of hydrogen-bond acceptors (Lipinski definition) is 7. The molecule has 1 saturated carbocycles. The van der Waals surface area contributed by atoms with E-state index in [1.54, 1.807) is 32.2 Å². The van der Waals surface area contributed by atoms with Gasteiger partial charge in [-0.3, -0.25) is 10.1 Å². The predicted octanol–water partition coefficient (Wildman–Crippen LogP) is 6.17. The molecule has 0 spiro atoms. The first-order valence-corrected chi connectivity index (χ1v) is 12.3. The second-order valence-corrected chi connectivity index (χ2v) is 9.74. The van der Waals surface area contributed by atoms with Gasteiger partial charge in [0.25, 0.3) is 5.56 Å². The van der Waals surface area contributed by atoms with E-state index in [2.05, 4.69) is 20.6 Å². The third kappa shape index (κ3) is 6.21. The second kappa shape index (κ2) is 10.9. The Labute approximate surface area is 222 Å². The molecule has 2 N–H and O–H groups in total. The number of anilines is 3. The quantitative estimate of drug-likeness (QED) is 0.344. The number of aryl methyl sites for hydroxylation is 2. The summed E-state index contributed by atoms with van der Waals surface area (Å²) in [6.07, 6.45) is 2.56. The van der Waals surface area contributed by atoms with E-state index in [0.717, 1.165) is 18.4 Å². The van der Waals surface area contributed by atoms with Crippen LogP contribution in [0.15, 0.2) is 35.3 Å². The fourth-order valence-corrected chi connectivity index (χ4v) is 4.53. The number of carbonyl (C=O) groups excluding carboxylic acids is 1. The number of halogens is 3. The van der Waals surface area contributed by atoms with Crippen molar-refractivity contribution in [2.24, 2.45) is 5.92 Å². The van der Waals surface area contributed by atoms with Gasteiger partial charge in [0.2, 0.25) is 5.88 Å². The van der Waals surface area contributed by atoms with Crippen LogP contribution in [0, 0.1) is 19.8 Å². The van der Waals surface area contributed by atoms with Crippen molar-refractivity contribution in [3.05, 3.63) is 67.3 Å². The number of nitrogens with zero attached hydrogens (tertiary/aromatic N) is 3. The molecule has 0 unspecified atom stereocenters. The van der Waals surface area contributed by atoms with Crippen LogP contribution in [0.1, 0.15) is 30.1 Å². The maximum Gasteiger partial charge on any atom is 0.411 e. The van der Waals surface area contributed by atoms with Crippen molar-refractivity contribution in [2.75, 3.05) is 24.4 Å². The third-order valence-electron chi connectivity index (χ3n) is 5.72. The van der Waals surface area contributed by atoms with Crippen molar-refractivity contribution in [1.29, 1.82) is 0 Å². The molecule has 0 saturated heterocycles. The number of nitrogens with one attached hydrogen (secondary N) is 2. The van der Waals surface area contributed by atoms with Crippen LogP contribution in [-0.4, -0.2) is 34.3 Å². The Morgan fingerprint density at radius 1 is 1.14 bits per heavy atom. The number of carbonyl (C=O) groups is 1. The molecule has 0 radical (unpaired) electrons. The molecule has 9 nitrogen and oxygen atoms in total. The smallest absolute Gasteiger partial charge is 0.411 e. The normalized spacial score (nSPS) is 13.7. The van der Waals surface area contributed by atoms with E-state index in [4.69, 9.17) is 44.3 Å². The van der Waals surface area contributed by atoms with Crippen molar-refractivity contribution in [1.82, 2.24) is 14.5 Å². The highest BCUT2D eigenvalue weighted by molar-refractivity contribution is 6.35. The summed E-state index contributed by atoms with van der Waals surface area (Å²) in [4.78, 5) is 34.4. The molecule has 2 heterocycles. The van der Waals surface area contributed by atoms with Gasteiger partial charge in [-0.2, -0.15) is 0 Å². The Morgan fingerprint density at radius 3 is 2.47 bits per heavy atom. The molecule has 2 aromatic heterocycles.